The Morgan fingerprint density at radius 1 is 0.750 bits per heavy atom. The number of para-hydroxylation sites is 1. The number of fused-ring (bicyclic) bond motifs is 1. The molecule has 1 aliphatic rings. The van der Waals surface area contributed by atoms with Gasteiger partial charge in [-0.15, -0.1) is 0 Å². The lowest BCUT2D eigenvalue weighted by atomic mass is 9.89. The molecule has 60 heavy (non-hydrogen) atoms. The number of carbonyl (C=O) groups is 4. The number of phenols is 1. The molecule has 1 aromatic heterocycles. The van der Waals surface area contributed by atoms with Gasteiger partial charge < -0.3 is 42.2 Å². The van der Waals surface area contributed by atoms with Gasteiger partial charge in [-0.3, -0.25) is 24.2 Å². The van der Waals surface area contributed by atoms with Crippen LogP contribution in [-0.2, 0) is 43.2 Å². The number of H-pyrrole nitrogens is 1. The molecule has 0 saturated carbocycles. The van der Waals surface area contributed by atoms with E-state index in [0.717, 1.165) is 72.5 Å². The zero-order valence-corrected chi connectivity index (χ0v) is 34.7. The van der Waals surface area contributed by atoms with E-state index >= 15 is 0 Å². The minimum Gasteiger partial charge on any atom is -0.508 e. The fourth-order valence-corrected chi connectivity index (χ4v) is 7.91. The Kier molecular flexibility index (Phi) is 18.5. The first kappa shape index (κ1) is 45.4. The Morgan fingerprint density at radius 3 is 2.23 bits per heavy atom. The number of ether oxygens (including phenoxy) is 1. The molecular weight excluding hydrogens is 759 g/mol. The monoisotopic (exact) mass is 821 g/mol. The molecule has 1 fully saturated rings. The summed E-state index contributed by atoms with van der Waals surface area (Å²) in [5.74, 6) is -1.55. The number of benzene rings is 3. The van der Waals surface area contributed by atoms with Crippen LogP contribution in [0.4, 0.5) is 0 Å². The maximum Gasteiger partial charge on any atom is 0.311 e. The van der Waals surface area contributed by atoms with Crippen LogP contribution in [0.3, 0.4) is 0 Å². The predicted molar refractivity (Wildman–Crippen MR) is 235 cm³/mol. The van der Waals surface area contributed by atoms with Crippen molar-refractivity contribution < 1.29 is 29.0 Å². The summed E-state index contributed by atoms with van der Waals surface area (Å²) in [5, 5.41) is 20.3. The number of carbonyl (C=O) groups excluding carboxylic acids is 4. The second-order valence-corrected chi connectivity index (χ2v) is 16.1. The molecule has 1 aliphatic heterocycles. The fraction of sp³-hybridized carbons (Fsp3) is 0.468. The van der Waals surface area contributed by atoms with Crippen LogP contribution in [0.5, 0.6) is 5.75 Å². The largest absolute Gasteiger partial charge is 0.508 e. The number of Topliss-reactive ketones (excluding diaryl/α,β-unsaturated/α-hetero) is 1. The van der Waals surface area contributed by atoms with Crippen LogP contribution in [0, 0.1) is 11.8 Å². The molecule has 9 N–H and O–H groups in total. The topological polar surface area (TPSA) is 214 Å². The van der Waals surface area contributed by atoms with E-state index in [9.17, 15) is 24.3 Å². The van der Waals surface area contributed by atoms with Crippen molar-refractivity contribution in [3.8, 4) is 5.75 Å². The molecular formula is C47H63N7O6. The summed E-state index contributed by atoms with van der Waals surface area (Å²) in [6, 6.07) is 23.8. The van der Waals surface area contributed by atoms with Crippen molar-refractivity contribution in [1.29, 1.82) is 0 Å². The molecule has 4 aromatic rings. The third-order valence-corrected chi connectivity index (χ3v) is 11.2. The van der Waals surface area contributed by atoms with Gasteiger partial charge in [-0.1, -0.05) is 92.8 Å². The lowest BCUT2D eigenvalue weighted by molar-refractivity contribution is -0.148. The zero-order chi connectivity index (χ0) is 42.5. The van der Waals surface area contributed by atoms with Crippen molar-refractivity contribution in [2.75, 3.05) is 26.2 Å². The molecule has 4 atom stereocenters. The van der Waals surface area contributed by atoms with E-state index in [4.69, 9.17) is 16.2 Å². The predicted octanol–water partition coefficient (Wildman–Crippen LogP) is 5.38. The number of amides is 2. The number of guanidine groups is 1. The summed E-state index contributed by atoms with van der Waals surface area (Å²) < 4.78 is 5.80. The molecule has 0 unspecified atom stereocenters. The molecule has 2 amide bonds. The summed E-state index contributed by atoms with van der Waals surface area (Å²) in [4.78, 5) is 62.3. The number of hydrogen-bond donors (Lipinski definition) is 7. The number of rotatable bonds is 10. The molecule has 1 saturated heterocycles. The maximum atomic E-state index is 13.9. The lowest BCUT2D eigenvalue weighted by Gasteiger charge is -2.24. The molecule has 3 aromatic carbocycles. The summed E-state index contributed by atoms with van der Waals surface area (Å²) in [5.41, 5.74) is 15.0. The molecule has 2 heterocycles. The van der Waals surface area contributed by atoms with Gasteiger partial charge in [0.1, 0.15) is 11.5 Å². The zero-order valence-electron chi connectivity index (χ0n) is 34.7. The lowest BCUT2D eigenvalue weighted by Crippen LogP contribution is -2.45. The van der Waals surface area contributed by atoms with Crippen molar-refractivity contribution in [3.05, 3.63) is 102 Å². The highest BCUT2D eigenvalue weighted by molar-refractivity contribution is 5.85. The van der Waals surface area contributed by atoms with Crippen molar-refractivity contribution in [3.63, 3.8) is 0 Å². The van der Waals surface area contributed by atoms with Gasteiger partial charge in [0.2, 0.25) is 11.8 Å². The number of nitrogens with one attached hydrogen (secondary N) is 4. The molecule has 0 spiro atoms. The van der Waals surface area contributed by atoms with Crippen molar-refractivity contribution >= 4 is 40.4 Å². The second-order valence-electron chi connectivity index (χ2n) is 16.1. The number of nitrogens with zero attached hydrogens (tertiary/aromatic N) is 1. The van der Waals surface area contributed by atoms with Gasteiger partial charge in [0, 0.05) is 61.0 Å². The Morgan fingerprint density at radius 2 is 1.45 bits per heavy atom. The van der Waals surface area contributed by atoms with Crippen LogP contribution < -0.4 is 27.4 Å². The molecule has 0 bridgehead atoms. The highest BCUT2D eigenvalue weighted by Gasteiger charge is 2.26. The quantitative estimate of drug-likeness (QED) is 0.0473. The fourth-order valence-electron chi connectivity index (χ4n) is 7.91. The third-order valence-electron chi connectivity index (χ3n) is 11.2. The van der Waals surface area contributed by atoms with E-state index < -0.39 is 12.0 Å². The number of cyclic esters (lactones) is 1. The van der Waals surface area contributed by atoms with E-state index in [1.807, 2.05) is 72.9 Å². The number of nitrogens with two attached hydrogens (primary N) is 2. The van der Waals surface area contributed by atoms with Crippen LogP contribution in [0.1, 0.15) is 87.3 Å². The highest BCUT2D eigenvalue weighted by Crippen LogP contribution is 2.23. The number of aromatic hydroxyl groups is 1. The number of phenolic OH excluding ortho intramolecular Hbond substituents is 1. The Balaban J connectivity index is 1.33. The molecule has 13 nitrogen and oxygen atoms in total. The number of hydrogen-bond acceptors (Lipinski definition) is 8. The molecule has 0 radical (unpaired) electrons. The van der Waals surface area contributed by atoms with Gasteiger partial charge in [-0.2, -0.15) is 0 Å². The Bertz CT molecular complexity index is 1980. The molecule has 13 heteroatoms. The Hall–Kier alpha value is -5.69. The average Bonchev–Trinajstić information content (AvgIpc) is 3.64. The Labute approximate surface area is 353 Å². The van der Waals surface area contributed by atoms with Crippen LogP contribution in [0.2, 0.25) is 0 Å². The van der Waals surface area contributed by atoms with Gasteiger partial charge >= 0.3 is 5.97 Å². The van der Waals surface area contributed by atoms with Gasteiger partial charge in [-0.05, 0) is 79.8 Å². The first-order chi connectivity index (χ1) is 29.1. The number of esters is 1. The summed E-state index contributed by atoms with van der Waals surface area (Å²) >= 11 is 0. The van der Waals surface area contributed by atoms with Crippen LogP contribution in [0.15, 0.2) is 90.1 Å². The number of ketones is 1. The normalized spacial score (nSPS) is 21.3. The van der Waals surface area contributed by atoms with Gasteiger partial charge in [0.05, 0.1) is 19.1 Å². The van der Waals surface area contributed by atoms with Crippen molar-refractivity contribution in [2.45, 2.75) is 102 Å². The van der Waals surface area contributed by atoms with Crippen LogP contribution in [-0.4, -0.2) is 77.9 Å². The van der Waals surface area contributed by atoms with E-state index in [-0.39, 0.29) is 73.2 Å². The summed E-state index contributed by atoms with van der Waals surface area (Å²) in [6.07, 6.45) is 10.6. The first-order valence-corrected chi connectivity index (χ1v) is 21.5. The van der Waals surface area contributed by atoms with Gasteiger partial charge in [-0.25, -0.2) is 0 Å². The van der Waals surface area contributed by atoms with E-state index in [2.05, 4.69) is 25.9 Å². The minimum absolute atomic E-state index is 0.0172. The number of aromatic nitrogens is 1. The van der Waals surface area contributed by atoms with E-state index in [1.165, 1.54) is 0 Å². The van der Waals surface area contributed by atoms with Crippen LogP contribution in [0.25, 0.3) is 10.9 Å². The SMILES string of the molecule is NC(N)=NCCC[C@H]1CC(=O)NC[C@@H](Cc2c[nH]c3ccccc23)C(=O)OCCCCCCCC[C@@H](Cc2ccc(O)cc2)C(=O)CN[C@H](Cc2ccccc2)CC(=O)N1. The molecule has 322 valence electrons. The first-order valence-electron chi connectivity index (χ1n) is 21.5. The van der Waals surface area contributed by atoms with Gasteiger partial charge in [0.25, 0.3) is 0 Å². The van der Waals surface area contributed by atoms with Crippen LogP contribution >= 0.6 is 0 Å². The third kappa shape index (κ3) is 15.8. The smallest absolute Gasteiger partial charge is 0.311 e. The van der Waals surface area contributed by atoms with Crippen molar-refractivity contribution in [2.24, 2.45) is 28.3 Å². The number of aliphatic imine (C=N–C) groups is 1. The van der Waals surface area contributed by atoms with Crippen molar-refractivity contribution in [1.82, 2.24) is 20.9 Å². The molecule has 0 aliphatic carbocycles. The average molecular weight is 822 g/mol. The summed E-state index contributed by atoms with van der Waals surface area (Å²) in [6.45, 7) is 0.815. The molecule has 5 rings (SSSR count). The van der Waals surface area contributed by atoms with E-state index in [1.54, 1.807) is 12.1 Å². The van der Waals surface area contributed by atoms with E-state index in [0.29, 0.717) is 45.3 Å². The highest BCUT2D eigenvalue weighted by atomic mass is 16.5. The minimum atomic E-state index is -0.615. The second kappa shape index (κ2) is 24.4. The maximum absolute atomic E-state index is 13.9. The van der Waals surface area contributed by atoms with Gasteiger partial charge in [0.15, 0.2) is 5.96 Å². The standard InChI is InChI=1S/C47H63N7O6/c48-47(49)50-23-12-16-38-28-44(57)53-31-37(27-36-30-52-42-18-10-9-17-41(36)42)46(59)60-24-11-4-2-1-3-8-15-35(25-34-19-21-40(55)22-20-34)43(56)32-51-39(29-45(58)54-38)26-33-13-6-5-7-14-33/h5-7,9-10,13-14,17-22,30,35,37-39,51-52,55H,1-4,8,11-12,15-16,23-29,31-32H2,(H,53,57)(H,54,58)(H4,48,49,50)/t35-,37+,38-,39+/m0/s1. The summed E-state index contributed by atoms with van der Waals surface area (Å²) in [7, 11) is 0. The number of aromatic amines is 1.